The van der Waals surface area contributed by atoms with Gasteiger partial charge in [0, 0.05) is 12.1 Å². The lowest BCUT2D eigenvalue weighted by atomic mass is 10.1. The van der Waals surface area contributed by atoms with Crippen LogP contribution in [0.2, 0.25) is 0 Å². The Kier molecular flexibility index (Phi) is 4.51. The van der Waals surface area contributed by atoms with E-state index in [2.05, 4.69) is 5.32 Å². The minimum atomic E-state index is -0.0345. The van der Waals surface area contributed by atoms with Gasteiger partial charge in [0.05, 0.1) is 0 Å². The number of benzene rings is 2. The summed E-state index contributed by atoms with van der Waals surface area (Å²) in [7, 11) is 0. The van der Waals surface area contributed by atoms with Gasteiger partial charge in [-0.1, -0.05) is 60.7 Å². The van der Waals surface area contributed by atoms with Crippen molar-refractivity contribution in [1.29, 1.82) is 0 Å². The highest BCUT2D eigenvalue weighted by Crippen LogP contribution is 2.06. The molecule has 2 nitrogen and oxygen atoms in total. The maximum absolute atomic E-state index is 11.9. The smallest absolute Gasteiger partial charge is 0.247 e. The van der Waals surface area contributed by atoms with E-state index < -0.39 is 0 Å². The lowest BCUT2D eigenvalue weighted by molar-refractivity contribution is -0.117. The summed E-state index contributed by atoms with van der Waals surface area (Å²) in [6.45, 7) is 2.38. The van der Waals surface area contributed by atoms with Gasteiger partial charge in [0.1, 0.15) is 0 Å². The highest BCUT2D eigenvalue weighted by atomic mass is 16.1. The Hall–Kier alpha value is -2.35. The molecule has 0 spiro atoms. The number of carbonyl (C=O) groups is 1. The average Bonchev–Trinajstić information content (AvgIpc) is 2.47. The molecule has 19 heavy (non-hydrogen) atoms. The monoisotopic (exact) mass is 251 g/mol. The highest BCUT2D eigenvalue weighted by Gasteiger charge is 2.03. The van der Waals surface area contributed by atoms with Crippen molar-refractivity contribution in [2.24, 2.45) is 0 Å². The number of carbonyl (C=O) groups excluding carboxylic acids is 1. The molecule has 0 aliphatic heterocycles. The van der Waals surface area contributed by atoms with Crippen molar-refractivity contribution in [3.8, 4) is 0 Å². The molecule has 0 fully saturated rings. The fourth-order valence-electron chi connectivity index (χ4n) is 1.78. The van der Waals surface area contributed by atoms with Crippen LogP contribution in [0.4, 0.5) is 0 Å². The van der Waals surface area contributed by atoms with Crippen LogP contribution in [0.25, 0.3) is 6.08 Å². The maximum Gasteiger partial charge on any atom is 0.247 e. The van der Waals surface area contributed by atoms with Gasteiger partial charge >= 0.3 is 0 Å². The minimum absolute atomic E-state index is 0.0345. The molecule has 0 aliphatic carbocycles. The molecule has 1 N–H and O–H groups in total. The third-order valence-electron chi connectivity index (χ3n) is 2.84. The Morgan fingerprint density at radius 2 is 1.58 bits per heavy atom. The summed E-state index contributed by atoms with van der Waals surface area (Å²) in [5.74, 6) is -0.0345. The Bertz CT molecular complexity index is 558. The molecule has 0 heterocycles. The second-order valence-electron chi connectivity index (χ2n) is 4.41. The molecular formula is C17H17NO. The Morgan fingerprint density at radius 3 is 2.21 bits per heavy atom. The van der Waals surface area contributed by atoms with Crippen LogP contribution in [0, 0.1) is 0 Å². The summed E-state index contributed by atoms with van der Waals surface area (Å²) < 4.78 is 0. The number of amides is 1. The van der Waals surface area contributed by atoms with E-state index in [-0.39, 0.29) is 5.91 Å². The first-order valence-electron chi connectivity index (χ1n) is 6.31. The van der Waals surface area contributed by atoms with E-state index in [1.165, 1.54) is 0 Å². The molecule has 2 aromatic rings. The van der Waals surface area contributed by atoms with Gasteiger partial charge in [-0.2, -0.15) is 0 Å². The molecule has 1 amide bonds. The van der Waals surface area contributed by atoms with Crippen molar-refractivity contribution in [3.63, 3.8) is 0 Å². The van der Waals surface area contributed by atoms with Crippen LogP contribution in [0.3, 0.4) is 0 Å². The average molecular weight is 251 g/mol. The summed E-state index contributed by atoms with van der Waals surface area (Å²) >= 11 is 0. The van der Waals surface area contributed by atoms with Crippen LogP contribution < -0.4 is 5.32 Å². The highest BCUT2D eigenvalue weighted by molar-refractivity contribution is 5.97. The van der Waals surface area contributed by atoms with Crippen LogP contribution in [0.15, 0.2) is 66.2 Å². The van der Waals surface area contributed by atoms with Gasteiger partial charge in [0.2, 0.25) is 5.91 Å². The van der Waals surface area contributed by atoms with E-state index in [0.717, 1.165) is 11.1 Å². The van der Waals surface area contributed by atoms with Gasteiger partial charge in [0.25, 0.3) is 0 Å². The molecule has 0 bridgehead atoms. The molecule has 0 atom stereocenters. The Balaban J connectivity index is 1.95. The fourth-order valence-corrected chi connectivity index (χ4v) is 1.78. The largest absolute Gasteiger partial charge is 0.348 e. The van der Waals surface area contributed by atoms with Gasteiger partial charge in [-0.3, -0.25) is 4.79 Å². The standard InChI is InChI=1S/C17H17NO/c1-14(12-15-8-4-2-5-9-15)17(19)18-13-16-10-6-3-7-11-16/h2-12H,13H2,1H3,(H,18,19)/b14-12+. The van der Waals surface area contributed by atoms with E-state index in [4.69, 9.17) is 0 Å². The van der Waals surface area contributed by atoms with Crippen molar-refractivity contribution in [3.05, 3.63) is 77.4 Å². The van der Waals surface area contributed by atoms with Gasteiger partial charge in [-0.15, -0.1) is 0 Å². The van der Waals surface area contributed by atoms with Crippen molar-refractivity contribution < 1.29 is 4.79 Å². The zero-order valence-corrected chi connectivity index (χ0v) is 11.0. The van der Waals surface area contributed by atoms with E-state index in [1.807, 2.05) is 73.7 Å². The summed E-state index contributed by atoms with van der Waals surface area (Å²) in [4.78, 5) is 11.9. The predicted octanol–water partition coefficient (Wildman–Crippen LogP) is 3.41. The molecule has 96 valence electrons. The SMILES string of the molecule is C/C(=C\c1ccccc1)C(=O)NCc1ccccc1. The van der Waals surface area contributed by atoms with Gasteiger partial charge < -0.3 is 5.32 Å². The summed E-state index contributed by atoms with van der Waals surface area (Å²) in [6.07, 6.45) is 1.89. The van der Waals surface area contributed by atoms with Crippen LogP contribution >= 0.6 is 0 Å². The molecular weight excluding hydrogens is 234 g/mol. The van der Waals surface area contributed by atoms with Gasteiger partial charge in [-0.25, -0.2) is 0 Å². The quantitative estimate of drug-likeness (QED) is 0.829. The van der Waals surface area contributed by atoms with Gasteiger partial charge in [-0.05, 0) is 24.1 Å². The number of rotatable bonds is 4. The number of nitrogens with one attached hydrogen (secondary N) is 1. The van der Waals surface area contributed by atoms with Crippen LogP contribution in [-0.2, 0) is 11.3 Å². The zero-order valence-electron chi connectivity index (χ0n) is 11.0. The van der Waals surface area contributed by atoms with E-state index in [0.29, 0.717) is 12.1 Å². The zero-order chi connectivity index (χ0) is 13.5. The summed E-state index contributed by atoms with van der Waals surface area (Å²) in [5.41, 5.74) is 2.85. The maximum atomic E-state index is 11.9. The third kappa shape index (κ3) is 4.11. The molecule has 0 unspecified atom stereocenters. The number of hydrogen-bond donors (Lipinski definition) is 1. The van der Waals surface area contributed by atoms with Crippen molar-refractivity contribution in [1.82, 2.24) is 5.32 Å². The normalized spacial score (nSPS) is 11.1. The molecule has 0 saturated heterocycles. The first kappa shape index (κ1) is 13.1. The van der Waals surface area contributed by atoms with Crippen molar-refractivity contribution in [2.45, 2.75) is 13.5 Å². The summed E-state index contributed by atoms with van der Waals surface area (Å²) in [6, 6.07) is 19.7. The third-order valence-corrected chi connectivity index (χ3v) is 2.84. The van der Waals surface area contributed by atoms with Gasteiger partial charge in [0.15, 0.2) is 0 Å². The molecule has 0 saturated carbocycles. The Labute approximate surface area is 113 Å². The lowest BCUT2D eigenvalue weighted by Crippen LogP contribution is -2.23. The topological polar surface area (TPSA) is 29.1 Å². The molecule has 0 aromatic heterocycles. The van der Waals surface area contributed by atoms with Crippen molar-refractivity contribution in [2.75, 3.05) is 0 Å². The minimum Gasteiger partial charge on any atom is -0.348 e. The van der Waals surface area contributed by atoms with E-state index in [9.17, 15) is 4.79 Å². The van der Waals surface area contributed by atoms with Crippen molar-refractivity contribution >= 4 is 12.0 Å². The van der Waals surface area contributed by atoms with E-state index >= 15 is 0 Å². The van der Waals surface area contributed by atoms with E-state index in [1.54, 1.807) is 0 Å². The second-order valence-corrected chi connectivity index (χ2v) is 4.41. The molecule has 0 aliphatic rings. The second kappa shape index (κ2) is 6.55. The van der Waals surface area contributed by atoms with Crippen LogP contribution in [-0.4, -0.2) is 5.91 Å². The summed E-state index contributed by atoms with van der Waals surface area (Å²) in [5, 5.41) is 2.91. The lowest BCUT2D eigenvalue weighted by Gasteiger charge is -2.05. The predicted molar refractivity (Wildman–Crippen MR) is 78.4 cm³/mol. The molecule has 2 heteroatoms. The first-order valence-corrected chi connectivity index (χ1v) is 6.31. The molecule has 2 aromatic carbocycles. The molecule has 2 rings (SSSR count). The van der Waals surface area contributed by atoms with Crippen LogP contribution in [0.1, 0.15) is 18.1 Å². The van der Waals surface area contributed by atoms with Crippen LogP contribution in [0.5, 0.6) is 0 Å². The fraction of sp³-hybridized carbons (Fsp3) is 0.118. The Morgan fingerprint density at radius 1 is 1.00 bits per heavy atom. The number of hydrogen-bond acceptors (Lipinski definition) is 1. The molecule has 0 radical (unpaired) electrons. The first-order chi connectivity index (χ1) is 9.25.